The van der Waals surface area contributed by atoms with Gasteiger partial charge in [0.25, 0.3) is 5.91 Å². The minimum Gasteiger partial charge on any atom is -0.481 e. The minimum atomic E-state index is -0.695. The molecule has 1 saturated heterocycles. The number of carbonyl (C=O) groups excluding carboxylic acids is 1. The fourth-order valence-corrected chi connectivity index (χ4v) is 3.67. The molecule has 118 valence electrons. The summed E-state index contributed by atoms with van der Waals surface area (Å²) < 4.78 is 5.68. The van der Waals surface area contributed by atoms with Gasteiger partial charge in [-0.15, -0.1) is 0 Å². The Hall–Kier alpha value is -1.85. The summed E-state index contributed by atoms with van der Waals surface area (Å²) >= 11 is 0. The Morgan fingerprint density at radius 2 is 2.00 bits per heavy atom. The minimum absolute atomic E-state index is 0.0573. The number of carboxylic acid groups (broad SMARTS) is 1. The second kappa shape index (κ2) is 4.57. The van der Waals surface area contributed by atoms with E-state index in [2.05, 4.69) is 4.98 Å². The van der Waals surface area contributed by atoms with Crippen LogP contribution >= 0.6 is 0 Å². The van der Waals surface area contributed by atoms with Crippen LogP contribution in [-0.2, 0) is 4.79 Å². The molecule has 0 radical (unpaired) electrons. The lowest BCUT2D eigenvalue weighted by Crippen LogP contribution is -2.40. The molecule has 22 heavy (non-hydrogen) atoms. The van der Waals surface area contributed by atoms with Gasteiger partial charge in [0.2, 0.25) is 5.76 Å². The first kappa shape index (κ1) is 13.8. The van der Waals surface area contributed by atoms with E-state index in [1.165, 1.54) is 0 Å². The molecule has 1 spiro atoms. The summed E-state index contributed by atoms with van der Waals surface area (Å²) in [4.78, 5) is 29.8. The molecule has 0 bridgehead atoms. The van der Waals surface area contributed by atoms with Gasteiger partial charge in [-0.1, -0.05) is 0 Å². The molecule has 1 amide bonds. The molecule has 1 N–H and O–H groups in total. The number of oxazole rings is 1. The summed E-state index contributed by atoms with van der Waals surface area (Å²) in [5.41, 5.74) is 0.611. The van der Waals surface area contributed by atoms with E-state index in [0.717, 1.165) is 32.1 Å². The van der Waals surface area contributed by atoms with Crippen molar-refractivity contribution >= 4 is 11.9 Å². The van der Waals surface area contributed by atoms with Crippen molar-refractivity contribution < 1.29 is 19.1 Å². The number of nitrogens with zero attached hydrogens (tertiary/aromatic N) is 2. The number of rotatable bonds is 3. The third-order valence-electron chi connectivity index (χ3n) is 5.47. The van der Waals surface area contributed by atoms with Crippen LogP contribution in [0.25, 0.3) is 0 Å². The van der Waals surface area contributed by atoms with E-state index in [1.54, 1.807) is 4.90 Å². The first-order chi connectivity index (χ1) is 10.5. The van der Waals surface area contributed by atoms with Gasteiger partial charge in [0, 0.05) is 19.0 Å². The Bertz CT molecular complexity index is 639. The zero-order chi connectivity index (χ0) is 15.5. The molecule has 4 rings (SSSR count). The highest BCUT2D eigenvalue weighted by atomic mass is 16.4. The molecule has 1 aromatic rings. The van der Waals surface area contributed by atoms with Gasteiger partial charge in [-0.3, -0.25) is 9.59 Å². The summed E-state index contributed by atoms with van der Waals surface area (Å²) in [5, 5.41) is 9.12. The van der Waals surface area contributed by atoms with Gasteiger partial charge in [0.15, 0.2) is 5.89 Å². The van der Waals surface area contributed by atoms with Crippen LogP contribution in [-0.4, -0.2) is 40.0 Å². The number of hydrogen-bond donors (Lipinski definition) is 1. The number of likely N-dealkylation sites (tertiary alicyclic amines) is 1. The van der Waals surface area contributed by atoms with Crippen molar-refractivity contribution in [3.63, 3.8) is 0 Å². The lowest BCUT2D eigenvalue weighted by Gasteiger charge is -2.32. The van der Waals surface area contributed by atoms with Crippen LogP contribution in [0.4, 0.5) is 0 Å². The predicted octanol–water partition coefficient (Wildman–Crippen LogP) is 2.19. The number of aliphatic carboxylic acids is 1. The predicted molar refractivity (Wildman–Crippen MR) is 76.5 cm³/mol. The fourth-order valence-electron chi connectivity index (χ4n) is 3.67. The summed E-state index contributed by atoms with van der Waals surface area (Å²) in [5.74, 6) is 0.455. The van der Waals surface area contributed by atoms with E-state index in [0.29, 0.717) is 36.4 Å². The van der Waals surface area contributed by atoms with Crippen molar-refractivity contribution in [3.8, 4) is 0 Å². The van der Waals surface area contributed by atoms with Crippen LogP contribution in [0.1, 0.15) is 60.2 Å². The Balaban J connectivity index is 1.43. The summed E-state index contributed by atoms with van der Waals surface area (Å²) in [6.07, 6.45) is 4.50. The molecule has 3 fully saturated rings. The molecular weight excluding hydrogens is 284 g/mol. The standard InChI is InChI=1S/C16H20N2O4/c1-9-12(22-13(17-9)10-2-3-10)14(19)18-6-4-16(5-7-18)8-11(16)15(20)21/h10-11H,2-8H2,1H3,(H,20,21). The molecule has 2 saturated carbocycles. The van der Waals surface area contributed by atoms with Crippen molar-refractivity contribution in [2.45, 2.75) is 44.9 Å². The molecule has 0 aromatic carbocycles. The monoisotopic (exact) mass is 304 g/mol. The van der Waals surface area contributed by atoms with Crippen molar-refractivity contribution in [1.82, 2.24) is 9.88 Å². The van der Waals surface area contributed by atoms with Gasteiger partial charge >= 0.3 is 5.97 Å². The number of aromatic nitrogens is 1. The van der Waals surface area contributed by atoms with E-state index in [-0.39, 0.29) is 17.2 Å². The molecular formula is C16H20N2O4. The van der Waals surface area contributed by atoms with Gasteiger partial charge in [-0.05, 0) is 44.4 Å². The number of carboxylic acids is 1. The highest BCUT2D eigenvalue weighted by molar-refractivity contribution is 5.92. The van der Waals surface area contributed by atoms with Gasteiger partial charge in [-0.25, -0.2) is 4.98 Å². The molecule has 6 heteroatoms. The van der Waals surface area contributed by atoms with Gasteiger partial charge in [-0.2, -0.15) is 0 Å². The Labute approximate surface area is 128 Å². The molecule has 1 atom stereocenters. The van der Waals surface area contributed by atoms with E-state index in [4.69, 9.17) is 9.52 Å². The largest absolute Gasteiger partial charge is 0.481 e. The van der Waals surface area contributed by atoms with E-state index >= 15 is 0 Å². The average molecular weight is 304 g/mol. The SMILES string of the molecule is Cc1nc(C2CC2)oc1C(=O)N1CCC2(CC1)CC2C(=O)O. The summed E-state index contributed by atoms with van der Waals surface area (Å²) in [7, 11) is 0. The first-order valence-corrected chi connectivity index (χ1v) is 7.99. The smallest absolute Gasteiger partial charge is 0.307 e. The number of piperidine rings is 1. The zero-order valence-corrected chi connectivity index (χ0v) is 12.7. The van der Waals surface area contributed by atoms with Crippen LogP contribution in [0, 0.1) is 18.3 Å². The fraction of sp³-hybridized carbons (Fsp3) is 0.688. The third kappa shape index (κ3) is 2.12. The molecule has 3 aliphatic rings. The molecule has 6 nitrogen and oxygen atoms in total. The highest BCUT2D eigenvalue weighted by Crippen LogP contribution is 2.59. The van der Waals surface area contributed by atoms with Crippen molar-refractivity contribution in [2.75, 3.05) is 13.1 Å². The average Bonchev–Trinajstić information content (AvgIpc) is 3.40. The quantitative estimate of drug-likeness (QED) is 0.925. The van der Waals surface area contributed by atoms with Gasteiger partial charge in [0.1, 0.15) is 0 Å². The second-order valence-electron chi connectivity index (χ2n) is 6.99. The number of hydrogen-bond acceptors (Lipinski definition) is 4. The van der Waals surface area contributed by atoms with Crippen molar-refractivity contribution in [1.29, 1.82) is 0 Å². The number of amides is 1. The number of carbonyl (C=O) groups is 2. The summed E-state index contributed by atoms with van der Waals surface area (Å²) in [6.45, 7) is 3.04. The van der Waals surface area contributed by atoms with E-state index < -0.39 is 5.97 Å². The molecule has 1 aromatic heterocycles. The molecule has 2 heterocycles. The topological polar surface area (TPSA) is 83.6 Å². The van der Waals surface area contributed by atoms with Crippen LogP contribution in [0.2, 0.25) is 0 Å². The zero-order valence-electron chi connectivity index (χ0n) is 12.7. The lowest BCUT2D eigenvalue weighted by atomic mass is 9.90. The van der Waals surface area contributed by atoms with Crippen LogP contribution in [0.3, 0.4) is 0 Å². The van der Waals surface area contributed by atoms with Crippen molar-refractivity contribution in [2.24, 2.45) is 11.3 Å². The molecule has 2 aliphatic carbocycles. The van der Waals surface area contributed by atoms with E-state index in [9.17, 15) is 9.59 Å². The normalized spacial score (nSPS) is 26.2. The molecule has 1 unspecified atom stereocenters. The van der Waals surface area contributed by atoms with Crippen LogP contribution < -0.4 is 0 Å². The van der Waals surface area contributed by atoms with Crippen LogP contribution in [0.15, 0.2) is 4.42 Å². The Kier molecular flexibility index (Phi) is 2.86. The lowest BCUT2D eigenvalue weighted by molar-refractivity contribution is -0.139. The van der Waals surface area contributed by atoms with Gasteiger partial charge < -0.3 is 14.4 Å². The molecule has 1 aliphatic heterocycles. The number of aryl methyl sites for hydroxylation is 1. The Morgan fingerprint density at radius 3 is 2.55 bits per heavy atom. The maximum Gasteiger partial charge on any atom is 0.307 e. The van der Waals surface area contributed by atoms with Crippen LogP contribution in [0.5, 0.6) is 0 Å². The van der Waals surface area contributed by atoms with Crippen molar-refractivity contribution in [3.05, 3.63) is 17.3 Å². The maximum absolute atomic E-state index is 12.6. The van der Waals surface area contributed by atoms with E-state index in [1.807, 2.05) is 6.92 Å². The first-order valence-electron chi connectivity index (χ1n) is 7.99. The summed E-state index contributed by atoms with van der Waals surface area (Å²) in [6, 6.07) is 0. The third-order valence-corrected chi connectivity index (χ3v) is 5.47. The Morgan fingerprint density at radius 1 is 1.32 bits per heavy atom. The highest BCUT2D eigenvalue weighted by Gasteiger charge is 2.59. The van der Waals surface area contributed by atoms with Gasteiger partial charge in [0.05, 0.1) is 11.6 Å². The maximum atomic E-state index is 12.6. The second-order valence-corrected chi connectivity index (χ2v) is 6.99.